The van der Waals surface area contributed by atoms with Crippen molar-refractivity contribution in [3.8, 4) is 11.8 Å². The average molecular weight is 279 g/mol. The molecule has 1 aromatic rings. The lowest BCUT2D eigenvalue weighted by molar-refractivity contribution is 0.199. The van der Waals surface area contributed by atoms with E-state index in [1.165, 1.54) is 12.8 Å². The SMILES string of the molecule is N#Cc1cc(Cl)ccc1OCC1(N)CCCCCC1. The van der Waals surface area contributed by atoms with Crippen LogP contribution in [0.5, 0.6) is 5.75 Å². The maximum absolute atomic E-state index is 9.07. The van der Waals surface area contributed by atoms with Crippen LogP contribution in [0, 0.1) is 11.3 Å². The van der Waals surface area contributed by atoms with Gasteiger partial charge >= 0.3 is 0 Å². The molecule has 0 saturated heterocycles. The van der Waals surface area contributed by atoms with Crippen molar-refractivity contribution in [2.24, 2.45) is 5.73 Å². The summed E-state index contributed by atoms with van der Waals surface area (Å²) in [6.07, 6.45) is 6.80. The van der Waals surface area contributed by atoms with Crippen molar-refractivity contribution in [1.82, 2.24) is 0 Å². The van der Waals surface area contributed by atoms with Gasteiger partial charge in [0.05, 0.1) is 11.1 Å². The van der Waals surface area contributed by atoms with Crippen LogP contribution in [0.15, 0.2) is 18.2 Å². The molecule has 0 unspecified atom stereocenters. The number of hydrogen-bond donors (Lipinski definition) is 1. The highest BCUT2D eigenvalue weighted by atomic mass is 35.5. The third-order valence-electron chi connectivity index (χ3n) is 3.68. The second-order valence-electron chi connectivity index (χ2n) is 5.32. The standard InChI is InChI=1S/C15H19ClN2O/c16-13-5-6-14(12(9-13)10-17)19-11-15(18)7-3-1-2-4-8-15/h5-6,9H,1-4,7-8,11,18H2. The molecule has 1 fully saturated rings. The van der Waals surface area contributed by atoms with Crippen LogP contribution in [0.1, 0.15) is 44.1 Å². The zero-order valence-corrected chi connectivity index (χ0v) is 11.7. The summed E-state index contributed by atoms with van der Waals surface area (Å²) in [5.74, 6) is 0.570. The molecule has 0 radical (unpaired) electrons. The van der Waals surface area contributed by atoms with E-state index in [1.807, 2.05) is 0 Å². The minimum atomic E-state index is -0.261. The molecule has 19 heavy (non-hydrogen) atoms. The highest BCUT2D eigenvalue weighted by Gasteiger charge is 2.27. The number of rotatable bonds is 3. The monoisotopic (exact) mass is 278 g/mol. The van der Waals surface area contributed by atoms with E-state index < -0.39 is 0 Å². The number of benzene rings is 1. The molecule has 4 heteroatoms. The molecule has 0 aromatic heterocycles. The fraction of sp³-hybridized carbons (Fsp3) is 0.533. The molecule has 0 bridgehead atoms. The predicted octanol–water partition coefficient (Wildman–Crippen LogP) is 3.64. The average Bonchev–Trinajstić information content (AvgIpc) is 2.62. The minimum absolute atomic E-state index is 0.261. The van der Waals surface area contributed by atoms with E-state index in [1.54, 1.807) is 18.2 Å². The van der Waals surface area contributed by atoms with Gasteiger partial charge in [-0.05, 0) is 31.0 Å². The number of halogens is 1. The number of nitrogens with zero attached hydrogens (tertiary/aromatic N) is 1. The van der Waals surface area contributed by atoms with Crippen LogP contribution in [-0.4, -0.2) is 12.1 Å². The van der Waals surface area contributed by atoms with Crippen LogP contribution in [0.3, 0.4) is 0 Å². The van der Waals surface area contributed by atoms with E-state index >= 15 is 0 Å². The largest absolute Gasteiger partial charge is 0.490 e. The zero-order chi connectivity index (χ0) is 13.7. The third-order valence-corrected chi connectivity index (χ3v) is 3.91. The first-order valence-corrected chi connectivity index (χ1v) is 7.12. The molecule has 1 aliphatic rings. The smallest absolute Gasteiger partial charge is 0.137 e. The molecular formula is C15H19ClN2O. The van der Waals surface area contributed by atoms with Crippen molar-refractivity contribution in [3.63, 3.8) is 0 Å². The quantitative estimate of drug-likeness (QED) is 0.859. The summed E-state index contributed by atoms with van der Waals surface area (Å²) >= 11 is 5.86. The second-order valence-corrected chi connectivity index (χ2v) is 5.75. The normalized spacial score (nSPS) is 18.4. The predicted molar refractivity (Wildman–Crippen MR) is 76.3 cm³/mol. The van der Waals surface area contributed by atoms with Gasteiger partial charge in [-0.1, -0.05) is 37.3 Å². The number of ether oxygens (including phenoxy) is 1. The molecule has 2 rings (SSSR count). The summed E-state index contributed by atoms with van der Waals surface area (Å²) in [5, 5.41) is 9.61. The van der Waals surface area contributed by atoms with Gasteiger partial charge in [0.25, 0.3) is 0 Å². The van der Waals surface area contributed by atoms with Gasteiger partial charge in [-0.25, -0.2) is 0 Å². The van der Waals surface area contributed by atoms with Crippen molar-refractivity contribution >= 4 is 11.6 Å². The van der Waals surface area contributed by atoms with Gasteiger partial charge in [-0.15, -0.1) is 0 Å². The molecule has 0 aliphatic heterocycles. The second kappa shape index (κ2) is 6.27. The summed E-state index contributed by atoms with van der Waals surface area (Å²) in [4.78, 5) is 0. The fourth-order valence-electron chi connectivity index (χ4n) is 2.51. The van der Waals surface area contributed by atoms with E-state index in [0.717, 1.165) is 25.7 Å². The van der Waals surface area contributed by atoms with Crippen LogP contribution < -0.4 is 10.5 Å². The lowest BCUT2D eigenvalue weighted by atomic mass is 9.92. The van der Waals surface area contributed by atoms with Crippen molar-refractivity contribution in [3.05, 3.63) is 28.8 Å². The van der Waals surface area contributed by atoms with Crippen LogP contribution in [-0.2, 0) is 0 Å². The first-order chi connectivity index (χ1) is 9.13. The molecule has 0 spiro atoms. The third kappa shape index (κ3) is 3.86. The van der Waals surface area contributed by atoms with E-state index in [2.05, 4.69) is 6.07 Å². The Morgan fingerprint density at radius 3 is 2.58 bits per heavy atom. The Bertz CT molecular complexity index is 474. The first-order valence-electron chi connectivity index (χ1n) is 6.74. The highest BCUT2D eigenvalue weighted by Crippen LogP contribution is 2.27. The molecule has 0 heterocycles. The zero-order valence-electron chi connectivity index (χ0n) is 11.0. The van der Waals surface area contributed by atoms with Crippen LogP contribution in [0.25, 0.3) is 0 Å². The summed E-state index contributed by atoms with van der Waals surface area (Å²) in [6, 6.07) is 7.18. The van der Waals surface area contributed by atoms with Crippen molar-refractivity contribution < 1.29 is 4.74 Å². The van der Waals surface area contributed by atoms with Gasteiger partial charge in [-0.2, -0.15) is 5.26 Å². The molecule has 0 atom stereocenters. The minimum Gasteiger partial charge on any atom is -0.490 e. The Kier molecular flexibility index (Phi) is 4.68. The summed E-state index contributed by atoms with van der Waals surface area (Å²) in [7, 11) is 0. The lowest BCUT2D eigenvalue weighted by Gasteiger charge is -2.28. The Hall–Kier alpha value is -1.24. The van der Waals surface area contributed by atoms with Crippen LogP contribution >= 0.6 is 11.6 Å². The Labute approximate surface area is 119 Å². The maximum atomic E-state index is 9.07. The lowest BCUT2D eigenvalue weighted by Crippen LogP contribution is -2.45. The first kappa shape index (κ1) is 14.2. The molecule has 102 valence electrons. The number of nitrogens with two attached hydrogens (primary N) is 1. The van der Waals surface area contributed by atoms with Gasteiger partial charge in [-0.3, -0.25) is 0 Å². The van der Waals surface area contributed by atoms with E-state index in [4.69, 9.17) is 27.3 Å². The Balaban J connectivity index is 2.03. The molecule has 0 amide bonds. The molecule has 2 N–H and O–H groups in total. The van der Waals surface area contributed by atoms with Crippen molar-refractivity contribution in [2.45, 2.75) is 44.1 Å². The number of hydrogen-bond acceptors (Lipinski definition) is 3. The molecule has 1 aliphatic carbocycles. The molecule has 1 aromatic carbocycles. The van der Waals surface area contributed by atoms with E-state index in [9.17, 15) is 0 Å². The van der Waals surface area contributed by atoms with Gasteiger partial charge in [0.1, 0.15) is 18.4 Å². The molecule has 1 saturated carbocycles. The Morgan fingerprint density at radius 2 is 1.95 bits per heavy atom. The van der Waals surface area contributed by atoms with E-state index in [0.29, 0.717) is 22.9 Å². The number of nitriles is 1. The summed E-state index contributed by atoms with van der Waals surface area (Å²) < 4.78 is 5.77. The van der Waals surface area contributed by atoms with Gasteiger partial charge in [0.15, 0.2) is 0 Å². The Morgan fingerprint density at radius 1 is 1.26 bits per heavy atom. The maximum Gasteiger partial charge on any atom is 0.137 e. The fourth-order valence-corrected chi connectivity index (χ4v) is 2.69. The van der Waals surface area contributed by atoms with Crippen molar-refractivity contribution in [2.75, 3.05) is 6.61 Å². The summed E-state index contributed by atoms with van der Waals surface area (Å²) in [5.41, 5.74) is 6.60. The van der Waals surface area contributed by atoms with Gasteiger partial charge in [0.2, 0.25) is 0 Å². The van der Waals surface area contributed by atoms with Gasteiger partial charge in [0, 0.05) is 5.02 Å². The highest BCUT2D eigenvalue weighted by molar-refractivity contribution is 6.30. The van der Waals surface area contributed by atoms with Crippen LogP contribution in [0.2, 0.25) is 5.02 Å². The topological polar surface area (TPSA) is 59.0 Å². The molecular weight excluding hydrogens is 260 g/mol. The van der Waals surface area contributed by atoms with E-state index in [-0.39, 0.29) is 5.54 Å². The molecule has 3 nitrogen and oxygen atoms in total. The summed E-state index contributed by atoms with van der Waals surface area (Å²) in [6.45, 7) is 0.462. The van der Waals surface area contributed by atoms with Crippen LogP contribution in [0.4, 0.5) is 0 Å². The van der Waals surface area contributed by atoms with Gasteiger partial charge < -0.3 is 10.5 Å². The van der Waals surface area contributed by atoms with Crippen molar-refractivity contribution in [1.29, 1.82) is 5.26 Å².